The van der Waals surface area contributed by atoms with Gasteiger partial charge in [0.1, 0.15) is 5.69 Å². The summed E-state index contributed by atoms with van der Waals surface area (Å²) in [4.78, 5) is 25.1. The summed E-state index contributed by atoms with van der Waals surface area (Å²) in [5.74, 6) is -1.12. The molecule has 0 amide bonds. The number of rotatable bonds is 1. The minimum absolute atomic E-state index is 0.0947. The van der Waals surface area contributed by atoms with Crippen molar-refractivity contribution in [3.8, 4) is 0 Å². The van der Waals surface area contributed by atoms with E-state index in [1.807, 2.05) is 0 Å². The monoisotopic (exact) mass is 179 g/mol. The molecule has 0 bridgehead atoms. The Labute approximate surface area is 71.2 Å². The first-order chi connectivity index (χ1) is 6.18. The van der Waals surface area contributed by atoms with E-state index in [9.17, 15) is 9.59 Å². The van der Waals surface area contributed by atoms with Gasteiger partial charge in [-0.1, -0.05) is 0 Å². The van der Waals surface area contributed by atoms with Crippen LogP contribution in [-0.4, -0.2) is 26.3 Å². The molecule has 2 aromatic heterocycles. The number of hydrogen-bond acceptors (Lipinski definition) is 3. The molecule has 0 radical (unpaired) electrons. The molecule has 0 aliphatic heterocycles. The number of nitrogens with one attached hydrogen (secondary N) is 2. The number of nitrogens with zero attached hydrogens (tertiary/aromatic N) is 1. The van der Waals surface area contributed by atoms with Crippen molar-refractivity contribution in [3.05, 3.63) is 28.3 Å². The van der Waals surface area contributed by atoms with Crippen LogP contribution < -0.4 is 5.56 Å². The number of hydrogen-bond donors (Lipinski definition) is 3. The predicted octanol–water partition coefficient (Wildman–Crippen LogP) is -0.0506. The van der Waals surface area contributed by atoms with Crippen molar-refractivity contribution in [2.45, 2.75) is 0 Å². The first-order valence-corrected chi connectivity index (χ1v) is 3.48. The number of carbonyl (C=O) groups is 1. The van der Waals surface area contributed by atoms with Crippen LogP contribution in [0.15, 0.2) is 17.1 Å². The smallest absolute Gasteiger partial charge is 0.354 e. The second-order valence-electron chi connectivity index (χ2n) is 2.50. The van der Waals surface area contributed by atoms with E-state index < -0.39 is 5.97 Å². The number of fused-ring (bicyclic) bond motifs is 1. The third-order valence-corrected chi connectivity index (χ3v) is 1.68. The highest BCUT2D eigenvalue weighted by atomic mass is 16.4. The lowest BCUT2D eigenvalue weighted by Crippen LogP contribution is -2.01. The van der Waals surface area contributed by atoms with Gasteiger partial charge in [0.2, 0.25) is 0 Å². The number of pyridine rings is 1. The summed E-state index contributed by atoms with van der Waals surface area (Å²) in [7, 11) is 0. The van der Waals surface area contributed by atoms with E-state index in [1.54, 1.807) is 0 Å². The van der Waals surface area contributed by atoms with E-state index >= 15 is 0 Å². The maximum atomic E-state index is 11.0. The van der Waals surface area contributed by atoms with Crippen LogP contribution in [0, 0.1) is 0 Å². The minimum Gasteiger partial charge on any atom is -0.477 e. The highest BCUT2D eigenvalue weighted by molar-refractivity contribution is 5.90. The molecule has 66 valence electrons. The zero-order valence-corrected chi connectivity index (χ0v) is 6.37. The molecule has 0 saturated carbocycles. The summed E-state index contributed by atoms with van der Waals surface area (Å²) in [5, 5.41) is 13.8. The minimum atomic E-state index is -1.12. The molecular formula is C7H5N3O3. The third-order valence-electron chi connectivity index (χ3n) is 1.68. The second kappa shape index (κ2) is 2.44. The van der Waals surface area contributed by atoms with Gasteiger partial charge in [0.05, 0.1) is 10.9 Å². The van der Waals surface area contributed by atoms with Crippen LogP contribution in [0.25, 0.3) is 10.9 Å². The Balaban J connectivity index is 2.77. The molecule has 0 saturated heterocycles. The van der Waals surface area contributed by atoms with Gasteiger partial charge in [-0.25, -0.2) is 9.78 Å². The first kappa shape index (κ1) is 7.53. The first-order valence-electron chi connectivity index (χ1n) is 3.48. The maximum Gasteiger partial charge on any atom is 0.354 e. The second-order valence-corrected chi connectivity index (χ2v) is 2.50. The van der Waals surface area contributed by atoms with Gasteiger partial charge in [-0.05, 0) is 6.07 Å². The average molecular weight is 179 g/mol. The van der Waals surface area contributed by atoms with Crippen LogP contribution in [0.2, 0.25) is 0 Å². The summed E-state index contributed by atoms with van der Waals surface area (Å²) < 4.78 is 0. The standard InChI is InChI=1S/C7H5N3O3/c11-6-3-2-8-5(7(12)13)1-4(3)9-10-6/h1-2H,(H,12,13)(H2,9,10,11). The molecule has 6 nitrogen and oxygen atoms in total. The van der Waals surface area contributed by atoms with Crippen molar-refractivity contribution in [1.29, 1.82) is 0 Å². The van der Waals surface area contributed by atoms with Gasteiger partial charge >= 0.3 is 5.97 Å². The van der Waals surface area contributed by atoms with E-state index in [-0.39, 0.29) is 11.3 Å². The third kappa shape index (κ3) is 1.08. The topological polar surface area (TPSA) is 98.8 Å². The number of aromatic amines is 2. The molecule has 6 heteroatoms. The summed E-state index contributed by atoms with van der Waals surface area (Å²) in [6.45, 7) is 0. The lowest BCUT2D eigenvalue weighted by atomic mass is 10.3. The zero-order valence-electron chi connectivity index (χ0n) is 6.37. The van der Waals surface area contributed by atoms with Crippen LogP contribution in [0.1, 0.15) is 10.5 Å². The number of H-pyrrole nitrogens is 2. The van der Waals surface area contributed by atoms with Gasteiger partial charge in [0, 0.05) is 6.20 Å². The Hall–Kier alpha value is -2.11. The lowest BCUT2D eigenvalue weighted by Gasteiger charge is -1.91. The molecule has 2 heterocycles. The fourth-order valence-corrected chi connectivity index (χ4v) is 1.05. The highest BCUT2D eigenvalue weighted by Gasteiger charge is 2.07. The zero-order chi connectivity index (χ0) is 9.42. The molecule has 0 unspecified atom stereocenters. The Kier molecular flexibility index (Phi) is 1.42. The fraction of sp³-hybridized carbons (Fsp3) is 0. The molecule has 0 spiro atoms. The molecular weight excluding hydrogens is 174 g/mol. The molecule has 3 N–H and O–H groups in total. The molecule has 2 aromatic rings. The Morgan fingerprint density at radius 1 is 1.46 bits per heavy atom. The number of carboxylic acids is 1. The SMILES string of the molecule is O=C(O)c1cc2[nH][nH]c(=O)c2cn1. The predicted molar refractivity (Wildman–Crippen MR) is 43.7 cm³/mol. The van der Waals surface area contributed by atoms with Gasteiger partial charge < -0.3 is 5.11 Å². The van der Waals surface area contributed by atoms with E-state index in [0.29, 0.717) is 10.9 Å². The number of aromatic carboxylic acids is 1. The molecule has 0 aliphatic rings. The van der Waals surface area contributed by atoms with E-state index in [0.717, 1.165) is 0 Å². The van der Waals surface area contributed by atoms with E-state index in [2.05, 4.69) is 15.2 Å². The Bertz CT molecular complexity index is 525. The molecule has 0 atom stereocenters. The van der Waals surface area contributed by atoms with Crippen molar-refractivity contribution in [1.82, 2.24) is 15.2 Å². The van der Waals surface area contributed by atoms with Crippen molar-refractivity contribution in [2.75, 3.05) is 0 Å². The number of carboxylic acid groups (broad SMARTS) is 1. The lowest BCUT2D eigenvalue weighted by molar-refractivity contribution is 0.0690. The summed E-state index contributed by atoms with van der Waals surface area (Å²) in [6.07, 6.45) is 1.23. The Morgan fingerprint density at radius 3 is 2.92 bits per heavy atom. The molecule has 13 heavy (non-hydrogen) atoms. The van der Waals surface area contributed by atoms with E-state index in [1.165, 1.54) is 12.3 Å². The van der Waals surface area contributed by atoms with Gasteiger partial charge in [-0.3, -0.25) is 15.0 Å². The van der Waals surface area contributed by atoms with E-state index in [4.69, 9.17) is 5.11 Å². The number of aromatic nitrogens is 3. The van der Waals surface area contributed by atoms with Gasteiger partial charge in [0.25, 0.3) is 5.56 Å². The van der Waals surface area contributed by atoms with Crippen LogP contribution in [0.4, 0.5) is 0 Å². The van der Waals surface area contributed by atoms with Crippen LogP contribution in [0.5, 0.6) is 0 Å². The van der Waals surface area contributed by atoms with Crippen molar-refractivity contribution in [2.24, 2.45) is 0 Å². The average Bonchev–Trinajstić information content (AvgIpc) is 2.47. The Morgan fingerprint density at radius 2 is 2.23 bits per heavy atom. The maximum absolute atomic E-state index is 11.0. The molecule has 2 rings (SSSR count). The van der Waals surface area contributed by atoms with Crippen molar-refractivity contribution < 1.29 is 9.90 Å². The van der Waals surface area contributed by atoms with Crippen molar-refractivity contribution >= 4 is 16.9 Å². The quantitative estimate of drug-likeness (QED) is 0.571. The summed E-state index contributed by atoms with van der Waals surface area (Å²) in [5.41, 5.74) is 0.0413. The molecule has 0 aromatic carbocycles. The van der Waals surface area contributed by atoms with Crippen molar-refractivity contribution in [3.63, 3.8) is 0 Å². The van der Waals surface area contributed by atoms with Gasteiger partial charge in [-0.2, -0.15) is 0 Å². The fourth-order valence-electron chi connectivity index (χ4n) is 1.05. The van der Waals surface area contributed by atoms with Crippen LogP contribution >= 0.6 is 0 Å². The molecule has 0 aliphatic carbocycles. The van der Waals surface area contributed by atoms with Crippen LogP contribution in [0.3, 0.4) is 0 Å². The largest absolute Gasteiger partial charge is 0.477 e. The van der Waals surface area contributed by atoms with Gasteiger partial charge in [0.15, 0.2) is 0 Å². The van der Waals surface area contributed by atoms with Crippen LogP contribution in [-0.2, 0) is 0 Å². The summed E-state index contributed by atoms with van der Waals surface area (Å²) in [6, 6.07) is 1.30. The normalized spacial score (nSPS) is 10.5. The summed E-state index contributed by atoms with van der Waals surface area (Å²) >= 11 is 0. The molecule has 0 fully saturated rings. The highest BCUT2D eigenvalue weighted by Crippen LogP contribution is 2.05. The van der Waals surface area contributed by atoms with Gasteiger partial charge in [-0.15, -0.1) is 0 Å².